The summed E-state index contributed by atoms with van der Waals surface area (Å²) in [4.78, 5) is 27.1. The Labute approximate surface area is 194 Å². The lowest BCUT2D eigenvalue weighted by molar-refractivity contribution is -0.142. The zero-order valence-corrected chi connectivity index (χ0v) is 20.2. The Morgan fingerprint density at radius 2 is 1.81 bits per heavy atom. The van der Waals surface area contributed by atoms with E-state index in [0.717, 1.165) is 5.56 Å². The molecule has 2 amide bonds. The average Bonchev–Trinajstić information content (AvgIpc) is 2.70. The fraction of sp³-hybridized carbons (Fsp3) is 0.417. The molecule has 1 atom stereocenters. The van der Waals surface area contributed by atoms with Crippen molar-refractivity contribution in [2.45, 2.75) is 52.6 Å². The monoisotopic (exact) mass is 464 g/mol. The minimum Gasteiger partial charge on any atom is -0.483 e. The predicted octanol–water partition coefficient (Wildman–Crippen LogP) is 5.22. The molecule has 0 radical (unpaired) electrons. The van der Waals surface area contributed by atoms with Crippen molar-refractivity contribution in [3.05, 3.63) is 63.6 Å². The van der Waals surface area contributed by atoms with Gasteiger partial charge in [-0.05, 0) is 48.6 Å². The van der Waals surface area contributed by atoms with Crippen molar-refractivity contribution >= 4 is 35.0 Å². The summed E-state index contributed by atoms with van der Waals surface area (Å²) in [6, 6.07) is 12.0. The lowest BCUT2D eigenvalue weighted by atomic mass is 9.86. The second-order valence-corrected chi connectivity index (χ2v) is 9.21. The maximum atomic E-state index is 13.2. The second kappa shape index (κ2) is 10.9. The van der Waals surface area contributed by atoms with Crippen LogP contribution < -0.4 is 10.1 Å². The van der Waals surface area contributed by atoms with Crippen LogP contribution in [0.25, 0.3) is 0 Å². The van der Waals surface area contributed by atoms with Gasteiger partial charge >= 0.3 is 0 Å². The molecule has 0 bridgehead atoms. The van der Waals surface area contributed by atoms with Crippen molar-refractivity contribution in [2.75, 3.05) is 13.2 Å². The molecule has 2 rings (SSSR count). The standard InChI is InChI=1S/C24H30Cl2N2O3/c1-6-27-23(30)16(2)28(14-17-11-12-18(25)13-20(17)26)22(29)15-31-21-10-8-7-9-19(21)24(3,4)5/h7-13,16H,6,14-15H2,1-5H3,(H,27,30). The highest BCUT2D eigenvalue weighted by Crippen LogP contribution is 2.31. The zero-order valence-electron chi connectivity index (χ0n) is 18.7. The zero-order chi connectivity index (χ0) is 23.2. The number of hydrogen-bond acceptors (Lipinski definition) is 3. The molecule has 0 aliphatic carbocycles. The molecule has 168 valence electrons. The van der Waals surface area contributed by atoms with Gasteiger partial charge in [-0.3, -0.25) is 9.59 Å². The van der Waals surface area contributed by atoms with Gasteiger partial charge in [-0.15, -0.1) is 0 Å². The van der Waals surface area contributed by atoms with E-state index >= 15 is 0 Å². The molecular weight excluding hydrogens is 435 g/mol. The predicted molar refractivity (Wildman–Crippen MR) is 126 cm³/mol. The van der Waals surface area contributed by atoms with Gasteiger partial charge in [0.15, 0.2) is 6.61 Å². The molecule has 0 aliphatic heterocycles. The summed E-state index contributed by atoms with van der Waals surface area (Å²) in [5.74, 6) is 0.1000. The third-order valence-corrected chi connectivity index (χ3v) is 5.51. The van der Waals surface area contributed by atoms with Crippen LogP contribution >= 0.6 is 23.2 Å². The molecule has 0 fully saturated rings. The first-order valence-corrected chi connectivity index (χ1v) is 11.0. The fourth-order valence-electron chi connectivity index (χ4n) is 3.17. The van der Waals surface area contributed by atoms with Gasteiger partial charge in [0.2, 0.25) is 5.91 Å². The van der Waals surface area contributed by atoms with Crippen LogP contribution in [0.15, 0.2) is 42.5 Å². The van der Waals surface area contributed by atoms with Crippen LogP contribution in [0.5, 0.6) is 5.75 Å². The molecule has 0 spiro atoms. The number of carbonyl (C=O) groups is 2. The van der Waals surface area contributed by atoms with Crippen molar-refractivity contribution in [3.63, 3.8) is 0 Å². The summed E-state index contributed by atoms with van der Waals surface area (Å²) in [6.07, 6.45) is 0. The number of likely N-dealkylation sites (N-methyl/N-ethyl adjacent to an activating group) is 1. The Bertz CT molecular complexity index is 925. The third kappa shape index (κ3) is 6.88. The summed E-state index contributed by atoms with van der Waals surface area (Å²) >= 11 is 12.3. The quantitative estimate of drug-likeness (QED) is 0.582. The lowest BCUT2D eigenvalue weighted by Gasteiger charge is -2.29. The maximum Gasteiger partial charge on any atom is 0.261 e. The highest BCUT2D eigenvalue weighted by Gasteiger charge is 2.27. The second-order valence-electron chi connectivity index (χ2n) is 8.36. The van der Waals surface area contributed by atoms with E-state index < -0.39 is 6.04 Å². The van der Waals surface area contributed by atoms with Crippen LogP contribution in [-0.4, -0.2) is 35.9 Å². The number of benzene rings is 2. The minimum absolute atomic E-state index is 0.134. The summed E-state index contributed by atoms with van der Waals surface area (Å²) in [7, 11) is 0. The van der Waals surface area contributed by atoms with Crippen molar-refractivity contribution < 1.29 is 14.3 Å². The fourth-order valence-corrected chi connectivity index (χ4v) is 3.64. The molecule has 7 heteroatoms. The Balaban J connectivity index is 2.25. The van der Waals surface area contributed by atoms with Gasteiger partial charge in [0.1, 0.15) is 11.8 Å². The molecule has 1 unspecified atom stereocenters. The smallest absolute Gasteiger partial charge is 0.261 e. The number of hydrogen-bond donors (Lipinski definition) is 1. The molecule has 0 heterocycles. The van der Waals surface area contributed by atoms with E-state index in [1.807, 2.05) is 31.2 Å². The summed E-state index contributed by atoms with van der Waals surface area (Å²) in [5.41, 5.74) is 1.57. The lowest BCUT2D eigenvalue weighted by Crippen LogP contribution is -2.49. The van der Waals surface area contributed by atoms with E-state index in [1.54, 1.807) is 25.1 Å². The van der Waals surface area contributed by atoms with E-state index in [-0.39, 0.29) is 30.4 Å². The summed E-state index contributed by atoms with van der Waals surface area (Å²) in [6.45, 7) is 10.2. The number of para-hydroxylation sites is 1. The SMILES string of the molecule is CCNC(=O)C(C)N(Cc1ccc(Cl)cc1Cl)C(=O)COc1ccccc1C(C)(C)C. The van der Waals surface area contributed by atoms with Gasteiger partial charge < -0.3 is 15.0 Å². The molecule has 0 aromatic heterocycles. The van der Waals surface area contributed by atoms with Crippen molar-refractivity contribution in [3.8, 4) is 5.75 Å². The van der Waals surface area contributed by atoms with E-state index in [1.165, 1.54) is 4.90 Å². The molecule has 2 aromatic carbocycles. The molecule has 1 N–H and O–H groups in total. The van der Waals surface area contributed by atoms with Crippen LogP contribution in [-0.2, 0) is 21.5 Å². The van der Waals surface area contributed by atoms with Crippen LogP contribution in [0.3, 0.4) is 0 Å². The number of halogens is 2. The largest absolute Gasteiger partial charge is 0.483 e. The number of ether oxygens (including phenoxy) is 1. The number of nitrogens with one attached hydrogen (secondary N) is 1. The van der Waals surface area contributed by atoms with Gasteiger partial charge in [-0.1, -0.05) is 68.2 Å². The first-order valence-electron chi connectivity index (χ1n) is 10.3. The van der Waals surface area contributed by atoms with Crippen molar-refractivity contribution in [1.29, 1.82) is 0 Å². The summed E-state index contributed by atoms with van der Waals surface area (Å²) < 4.78 is 5.91. The molecule has 0 saturated carbocycles. The normalized spacial score (nSPS) is 12.2. The Morgan fingerprint density at radius 1 is 1.13 bits per heavy atom. The van der Waals surface area contributed by atoms with Crippen molar-refractivity contribution in [1.82, 2.24) is 10.2 Å². The highest BCUT2D eigenvalue weighted by molar-refractivity contribution is 6.35. The Kier molecular flexibility index (Phi) is 8.78. The van der Waals surface area contributed by atoms with Gasteiger partial charge in [0, 0.05) is 23.1 Å². The average molecular weight is 465 g/mol. The van der Waals surface area contributed by atoms with Crippen LogP contribution in [0.1, 0.15) is 45.7 Å². The number of amides is 2. The molecule has 2 aromatic rings. The van der Waals surface area contributed by atoms with Crippen LogP contribution in [0.4, 0.5) is 0 Å². The number of carbonyl (C=O) groups excluding carboxylic acids is 2. The van der Waals surface area contributed by atoms with Gasteiger partial charge in [-0.2, -0.15) is 0 Å². The van der Waals surface area contributed by atoms with E-state index in [9.17, 15) is 9.59 Å². The number of nitrogens with zero attached hydrogens (tertiary/aromatic N) is 1. The minimum atomic E-state index is -0.694. The molecule has 0 saturated heterocycles. The van der Waals surface area contributed by atoms with Gasteiger partial charge in [0.05, 0.1) is 0 Å². The van der Waals surface area contributed by atoms with E-state index in [0.29, 0.717) is 27.9 Å². The molecule has 31 heavy (non-hydrogen) atoms. The molecular formula is C24H30Cl2N2O3. The van der Waals surface area contributed by atoms with Crippen molar-refractivity contribution in [2.24, 2.45) is 0 Å². The summed E-state index contributed by atoms with van der Waals surface area (Å²) in [5, 5.41) is 3.71. The Morgan fingerprint density at radius 3 is 2.42 bits per heavy atom. The first-order chi connectivity index (χ1) is 14.5. The van der Waals surface area contributed by atoms with Crippen LogP contribution in [0, 0.1) is 0 Å². The number of rotatable bonds is 8. The van der Waals surface area contributed by atoms with E-state index in [2.05, 4.69) is 26.1 Å². The van der Waals surface area contributed by atoms with Crippen LogP contribution in [0.2, 0.25) is 10.0 Å². The third-order valence-electron chi connectivity index (χ3n) is 4.92. The first kappa shape index (κ1) is 25.0. The Hall–Kier alpha value is -2.24. The molecule has 0 aliphatic rings. The van der Waals surface area contributed by atoms with Gasteiger partial charge in [0.25, 0.3) is 5.91 Å². The topological polar surface area (TPSA) is 58.6 Å². The van der Waals surface area contributed by atoms with Gasteiger partial charge in [-0.25, -0.2) is 0 Å². The van der Waals surface area contributed by atoms with E-state index in [4.69, 9.17) is 27.9 Å². The molecule has 5 nitrogen and oxygen atoms in total. The maximum absolute atomic E-state index is 13.2. The highest BCUT2D eigenvalue weighted by atomic mass is 35.5.